The number of nitrogens with zero attached hydrogens (tertiary/aromatic N) is 6. The molecule has 12 rings (SSSR count). The van der Waals surface area contributed by atoms with Crippen LogP contribution in [0.2, 0.25) is 0 Å². The van der Waals surface area contributed by atoms with Gasteiger partial charge in [-0.1, -0.05) is 152 Å². The summed E-state index contributed by atoms with van der Waals surface area (Å²) in [4.78, 5) is 20.4. The first-order valence-corrected chi connectivity index (χ1v) is 19.5. The number of aromatic nitrogens is 6. The Hall–Kier alpha value is -7.96. The van der Waals surface area contributed by atoms with Crippen LogP contribution in [0.4, 0.5) is 0 Å². The third-order valence-electron chi connectivity index (χ3n) is 11.4. The van der Waals surface area contributed by atoms with Crippen LogP contribution in [0.1, 0.15) is 0 Å². The van der Waals surface area contributed by atoms with Crippen LogP contribution in [0.3, 0.4) is 0 Å². The standard InChI is InChI=1S/C52H32N6/c1-2-17-34(18-3-1)50-54-51(36-21-14-20-35(32-36)42-27-12-13-31-53-42)56-52(55-50)58-45-29-11-9-26-41(45)47-46-40-25-8-10-28-44(40)57(43-30-15-19-33-16-4-5-22-37(33)43)48(46)38-23-6-7-24-39(38)49(47)58/h1-32H. The van der Waals surface area contributed by atoms with Crippen molar-refractivity contribution in [2.75, 3.05) is 0 Å². The largest absolute Gasteiger partial charge is 0.308 e. The minimum absolute atomic E-state index is 0.556. The van der Waals surface area contributed by atoms with Gasteiger partial charge in [0.2, 0.25) is 5.95 Å². The number of pyridine rings is 1. The SMILES string of the molecule is c1ccc(-c2nc(-c3cccc(-c4ccccn4)c3)nc(-n3c4ccccc4c4c5c6ccccc6n(-c6cccc7ccccc67)c5c5ccccc5c43)n2)cc1. The van der Waals surface area contributed by atoms with Gasteiger partial charge in [-0.15, -0.1) is 0 Å². The number of rotatable bonds is 5. The molecule has 6 nitrogen and oxygen atoms in total. The highest BCUT2D eigenvalue weighted by atomic mass is 15.2. The van der Waals surface area contributed by atoms with Crippen molar-refractivity contribution in [3.8, 4) is 45.7 Å². The second kappa shape index (κ2) is 12.8. The van der Waals surface area contributed by atoms with Crippen LogP contribution in [0.25, 0.3) is 111 Å². The predicted molar refractivity (Wildman–Crippen MR) is 238 cm³/mol. The van der Waals surface area contributed by atoms with Crippen molar-refractivity contribution in [3.05, 3.63) is 194 Å². The Morgan fingerprint density at radius 3 is 1.62 bits per heavy atom. The van der Waals surface area contributed by atoms with Gasteiger partial charge in [0.05, 0.1) is 33.4 Å². The zero-order chi connectivity index (χ0) is 38.2. The maximum atomic E-state index is 5.36. The van der Waals surface area contributed by atoms with E-state index < -0.39 is 0 Å². The van der Waals surface area contributed by atoms with Crippen molar-refractivity contribution >= 4 is 65.2 Å². The van der Waals surface area contributed by atoms with Crippen LogP contribution in [0.15, 0.2) is 194 Å². The van der Waals surface area contributed by atoms with E-state index in [0.29, 0.717) is 17.6 Å². The lowest BCUT2D eigenvalue weighted by atomic mass is 9.99. The summed E-state index contributed by atoms with van der Waals surface area (Å²) in [6, 6.07) is 66.0. The van der Waals surface area contributed by atoms with Crippen molar-refractivity contribution in [1.29, 1.82) is 0 Å². The van der Waals surface area contributed by atoms with Gasteiger partial charge in [0.15, 0.2) is 11.6 Å². The third-order valence-corrected chi connectivity index (χ3v) is 11.4. The molecule has 0 amide bonds. The average Bonchev–Trinajstić information content (AvgIpc) is 3.83. The molecule has 0 N–H and O–H groups in total. The van der Waals surface area contributed by atoms with Crippen LogP contribution in [0.5, 0.6) is 0 Å². The number of hydrogen-bond acceptors (Lipinski definition) is 4. The first-order valence-electron chi connectivity index (χ1n) is 19.5. The van der Waals surface area contributed by atoms with Crippen molar-refractivity contribution in [1.82, 2.24) is 29.1 Å². The predicted octanol–water partition coefficient (Wildman–Crippen LogP) is 12.8. The van der Waals surface area contributed by atoms with Gasteiger partial charge >= 0.3 is 0 Å². The third kappa shape index (κ3) is 4.85. The lowest BCUT2D eigenvalue weighted by Gasteiger charge is -2.15. The molecule has 0 aliphatic heterocycles. The fourth-order valence-electron chi connectivity index (χ4n) is 8.91. The summed E-state index contributed by atoms with van der Waals surface area (Å²) >= 11 is 0. The summed E-state index contributed by atoms with van der Waals surface area (Å²) in [5, 5.41) is 9.37. The van der Waals surface area contributed by atoms with Gasteiger partial charge < -0.3 is 4.57 Å². The molecule has 0 aliphatic rings. The van der Waals surface area contributed by atoms with E-state index >= 15 is 0 Å². The van der Waals surface area contributed by atoms with E-state index in [4.69, 9.17) is 15.0 Å². The molecule has 0 bridgehead atoms. The summed E-state index contributed by atoms with van der Waals surface area (Å²) in [5.41, 5.74) is 9.26. The zero-order valence-electron chi connectivity index (χ0n) is 31.2. The Balaban J connectivity index is 1.23. The molecule has 0 saturated heterocycles. The van der Waals surface area contributed by atoms with E-state index in [-0.39, 0.29) is 0 Å². The molecule has 12 aromatic rings. The molecule has 4 heterocycles. The van der Waals surface area contributed by atoms with Crippen molar-refractivity contribution < 1.29 is 0 Å². The lowest BCUT2D eigenvalue weighted by Crippen LogP contribution is -2.06. The first-order chi connectivity index (χ1) is 28.8. The monoisotopic (exact) mass is 740 g/mol. The molecule has 4 aromatic heterocycles. The second-order valence-electron chi connectivity index (χ2n) is 14.6. The number of hydrogen-bond donors (Lipinski definition) is 0. The summed E-state index contributed by atoms with van der Waals surface area (Å²) < 4.78 is 4.74. The van der Waals surface area contributed by atoms with Gasteiger partial charge in [-0.25, -0.2) is 4.98 Å². The molecule has 0 saturated carbocycles. The van der Waals surface area contributed by atoms with Crippen molar-refractivity contribution in [2.45, 2.75) is 0 Å². The second-order valence-corrected chi connectivity index (χ2v) is 14.6. The fourth-order valence-corrected chi connectivity index (χ4v) is 8.91. The van der Waals surface area contributed by atoms with Crippen LogP contribution >= 0.6 is 0 Å². The van der Waals surface area contributed by atoms with Crippen LogP contribution < -0.4 is 0 Å². The number of para-hydroxylation sites is 2. The maximum Gasteiger partial charge on any atom is 0.238 e. The quantitative estimate of drug-likeness (QED) is 0.176. The topological polar surface area (TPSA) is 61.4 Å². The normalized spacial score (nSPS) is 11.8. The fraction of sp³-hybridized carbons (Fsp3) is 0. The minimum Gasteiger partial charge on any atom is -0.308 e. The van der Waals surface area contributed by atoms with Crippen molar-refractivity contribution in [3.63, 3.8) is 0 Å². The van der Waals surface area contributed by atoms with Crippen LogP contribution in [-0.2, 0) is 0 Å². The summed E-state index contributed by atoms with van der Waals surface area (Å²) in [6.45, 7) is 0. The zero-order valence-corrected chi connectivity index (χ0v) is 31.2. The molecule has 0 radical (unpaired) electrons. The summed E-state index contributed by atoms with van der Waals surface area (Å²) in [6.07, 6.45) is 1.82. The average molecular weight is 741 g/mol. The molecule has 0 aliphatic carbocycles. The van der Waals surface area contributed by atoms with Gasteiger partial charge in [0, 0.05) is 60.6 Å². The smallest absolute Gasteiger partial charge is 0.238 e. The Labute approximate surface area is 333 Å². The molecule has 58 heavy (non-hydrogen) atoms. The van der Waals surface area contributed by atoms with Gasteiger partial charge in [-0.2, -0.15) is 9.97 Å². The lowest BCUT2D eigenvalue weighted by molar-refractivity contribution is 0.955. The van der Waals surface area contributed by atoms with E-state index in [1.54, 1.807) is 0 Å². The Morgan fingerprint density at radius 1 is 0.362 bits per heavy atom. The van der Waals surface area contributed by atoms with E-state index in [9.17, 15) is 0 Å². The van der Waals surface area contributed by atoms with E-state index in [1.165, 1.54) is 32.4 Å². The van der Waals surface area contributed by atoms with E-state index in [2.05, 4.69) is 160 Å². The van der Waals surface area contributed by atoms with Gasteiger partial charge in [-0.05, 0) is 41.8 Å². The molecule has 8 aromatic carbocycles. The molecule has 270 valence electrons. The van der Waals surface area contributed by atoms with Gasteiger partial charge in [0.1, 0.15) is 0 Å². The molecule has 0 unspecified atom stereocenters. The first kappa shape index (κ1) is 32.3. The maximum absolute atomic E-state index is 5.36. The summed E-state index contributed by atoms with van der Waals surface area (Å²) in [7, 11) is 0. The Kier molecular flexibility index (Phi) is 7.13. The number of fused-ring (bicyclic) bond motifs is 11. The molecular weight excluding hydrogens is 709 g/mol. The molecule has 0 spiro atoms. The molecule has 0 fully saturated rings. The van der Waals surface area contributed by atoms with Crippen LogP contribution in [0, 0.1) is 0 Å². The molecular formula is C52H32N6. The highest BCUT2D eigenvalue weighted by Gasteiger charge is 2.26. The van der Waals surface area contributed by atoms with E-state index in [0.717, 1.165) is 60.8 Å². The molecule has 6 heteroatoms. The van der Waals surface area contributed by atoms with Gasteiger partial charge in [0.25, 0.3) is 0 Å². The van der Waals surface area contributed by atoms with Crippen LogP contribution in [-0.4, -0.2) is 29.1 Å². The highest BCUT2D eigenvalue weighted by molar-refractivity contribution is 6.37. The Bertz CT molecular complexity index is 3560. The Morgan fingerprint density at radius 2 is 0.897 bits per heavy atom. The van der Waals surface area contributed by atoms with E-state index in [1.807, 2.05) is 48.7 Å². The van der Waals surface area contributed by atoms with Gasteiger partial charge in [-0.3, -0.25) is 9.55 Å². The minimum atomic E-state index is 0.556. The van der Waals surface area contributed by atoms with Crippen molar-refractivity contribution in [2.24, 2.45) is 0 Å². The summed E-state index contributed by atoms with van der Waals surface area (Å²) in [5.74, 6) is 1.75. The highest BCUT2D eigenvalue weighted by Crippen LogP contribution is 2.47. The molecule has 0 atom stereocenters. The number of benzene rings is 8.